The molecule has 3 nitrogen and oxygen atoms in total. The second-order valence-electron chi connectivity index (χ2n) is 7.27. The molecule has 0 bridgehead atoms. The van der Waals surface area contributed by atoms with Crippen LogP contribution in [-0.4, -0.2) is 37.8 Å². The van der Waals surface area contributed by atoms with Crippen molar-refractivity contribution in [3.8, 4) is 0 Å². The number of aliphatic hydroxyl groups is 1. The van der Waals surface area contributed by atoms with E-state index >= 15 is 0 Å². The van der Waals surface area contributed by atoms with Gasteiger partial charge in [-0.3, -0.25) is 0 Å². The smallest absolute Gasteiger partial charge is 0.191 e. The van der Waals surface area contributed by atoms with Crippen molar-refractivity contribution in [1.82, 2.24) is 0 Å². The molecule has 0 aromatic carbocycles. The van der Waals surface area contributed by atoms with E-state index < -0.39 is 8.32 Å². The van der Waals surface area contributed by atoms with E-state index in [0.717, 1.165) is 6.42 Å². The Morgan fingerprint density at radius 3 is 2.41 bits per heavy atom. The first kappa shape index (κ1) is 13.5. The molecule has 0 unspecified atom stereocenters. The van der Waals surface area contributed by atoms with E-state index in [1.165, 1.54) is 0 Å². The lowest BCUT2D eigenvalue weighted by molar-refractivity contribution is 0.0212. The van der Waals surface area contributed by atoms with Crippen LogP contribution in [0.15, 0.2) is 0 Å². The van der Waals surface area contributed by atoms with Gasteiger partial charge < -0.3 is 14.3 Å². The van der Waals surface area contributed by atoms with Crippen molar-refractivity contribution in [1.29, 1.82) is 0 Å². The Bertz CT molecular complexity index is 310. The van der Waals surface area contributed by atoms with Gasteiger partial charge in [-0.15, -0.1) is 0 Å². The largest absolute Gasteiger partial charge is 0.416 e. The van der Waals surface area contributed by atoms with Crippen molar-refractivity contribution in [3.63, 3.8) is 0 Å². The van der Waals surface area contributed by atoms with E-state index in [1.54, 1.807) is 0 Å². The molecule has 4 heteroatoms. The normalized spacial score (nSPS) is 41.5. The average Bonchev–Trinajstić information content (AvgIpc) is 2.68. The summed E-state index contributed by atoms with van der Waals surface area (Å²) in [6, 6.07) is 0. The molecule has 1 aliphatic heterocycles. The molecule has 0 radical (unpaired) electrons. The number of hydrogen-bond acceptors (Lipinski definition) is 3. The zero-order valence-corrected chi connectivity index (χ0v) is 12.9. The Labute approximate surface area is 106 Å². The number of hydrogen-bond donors (Lipinski definition) is 1. The predicted octanol–water partition coefficient (Wildman–Crippen LogP) is 2.55. The van der Waals surface area contributed by atoms with Crippen LogP contribution in [0.5, 0.6) is 0 Å². The molecular formula is C13H26O3Si. The van der Waals surface area contributed by atoms with E-state index in [1.807, 2.05) is 0 Å². The minimum Gasteiger partial charge on any atom is -0.416 e. The molecule has 2 aliphatic rings. The van der Waals surface area contributed by atoms with Crippen LogP contribution in [0.4, 0.5) is 0 Å². The quantitative estimate of drug-likeness (QED) is 0.625. The summed E-state index contributed by atoms with van der Waals surface area (Å²) in [6.07, 6.45) is 0.802. The lowest BCUT2D eigenvalue weighted by Gasteiger charge is -2.38. The third-order valence-electron chi connectivity index (χ3n) is 5.06. The van der Waals surface area contributed by atoms with Crippen LogP contribution >= 0.6 is 0 Å². The molecule has 0 amide bonds. The van der Waals surface area contributed by atoms with Crippen LogP contribution < -0.4 is 0 Å². The molecule has 1 heterocycles. The lowest BCUT2D eigenvalue weighted by Crippen LogP contribution is -2.44. The van der Waals surface area contributed by atoms with Crippen molar-refractivity contribution in [2.24, 2.45) is 5.92 Å². The summed E-state index contributed by atoms with van der Waals surface area (Å²) in [6.45, 7) is 14.0. The van der Waals surface area contributed by atoms with Gasteiger partial charge in [0.15, 0.2) is 8.32 Å². The maximum atomic E-state index is 10.0. The molecular weight excluding hydrogens is 232 g/mol. The van der Waals surface area contributed by atoms with Crippen LogP contribution in [0.2, 0.25) is 18.1 Å². The molecule has 1 saturated heterocycles. The number of ether oxygens (including phenoxy) is 1. The summed E-state index contributed by atoms with van der Waals surface area (Å²) in [5, 5.41) is 10.2. The number of fused-ring (bicyclic) bond motifs is 1. The van der Waals surface area contributed by atoms with Gasteiger partial charge in [-0.1, -0.05) is 20.8 Å². The highest BCUT2D eigenvalue weighted by atomic mass is 28.4. The highest BCUT2D eigenvalue weighted by Gasteiger charge is 2.65. The van der Waals surface area contributed by atoms with Crippen LogP contribution in [-0.2, 0) is 9.16 Å². The van der Waals surface area contributed by atoms with Crippen molar-refractivity contribution < 1.29 is 14.3 Å². The molecule has 100 valence electrons. The van der Waals surface area contributed by atoms with E-state index in [9.17, 15) is 5.11 Å². The Morgan fingerprint density at radius 2 is 2.00 bits per heavy atom. The fourth-order valence-electron chi connectivity index (χ4n) is 2.44. The van der Waals surface area contributed by atoms with Crippen LogP contribution in [0, 0.1) is 5.92 Å². The topological polar surface area (TPSA) is 42.0 Å². The zero-order valence-electron chi connectivity index (χ0n) is 11.9. The highest BCUT2D eigenvalue weighted by molar-refractivity contribution is 6.74. The molecule has 1 saturated carbocycles. The Balaban J connectivity index is 1.95. The van der Waals surface area contributed by atoms with Crippen molar-refractivity contribution in [2.45, 2.75) is 70.1 Å². The standard InChI is InChI=1S/C13H26O3Si/c1-12(2,3)17(5,6)15-8-9-10(14)7-11-13(9,4)16-11/h9-11,14H,7-8H2,1-6H3/t9-,10+,11-,13+/m1/s1. The highest BCUT2D eigenvalue weighted by Crippen LogP contribution is 2.53. The minimum absolute atomic E-state index is 0.109. The van der Waals surface area contributed by atoms with E-state index in [2.05, 4.69) is 40.8 Å². The van der Waals surface area contributed by atoms with Gasteiger partial charge in [0.2, 0.25) is 0 Å². The average molecular weight is 258 g/mol. The SMILES string of the molecule is CC(C)(C)[Si](C)(C)OC[C@@H]1[C@@H](O)C[C@H]2O[C@@]12C. The fraction of sp³-hybridized carbons (Fsp3) is 1.00. The van der Waals surface area contributed by atoms with Crippen LogP contribution in [0.1, 0.15) is 34.1 Å². The Morgan fingerprint density at radius 1 is 1.41 bits per heavy atom. The Hall–Kier alpha value is 0.0969. The third-order valence-corrected chi connectivity index (χ3v) is 9.57. The summed E-state index contributed by atoms with van der Waals surface area (Å²) in [7, 11) is -1.71. The molecule has 1 N–H and O–H groups in total. The summed E-state index contributed by atoms with van der Waals surface area (Å²) in [5.74, 6) is 0.154. The third kappa shape index (κ3) is 2.20. The molecule has 0 aromatic heterocycles. The zero-order chi connectivity index (χ0) is 13.1. The van der Waals surface area contributed by atoms with Gasteiger partial charge in [0, 0.05) is 18.9 Å². The fourth-order valence-corrected chi connectivity index (χ4v) is 3.47. The van der Waals surface area contributed by atoms with Gasteiger partial charge in [0.1, 0.15) is 0 Å². The van der Waals surface area contributed by atoms with E-state index in [-0.39, 0.29) is 28.8 Å². The first-order chi connectivity index (χ1) is 7.58. The summed E-state index contributed by atoms with van der Waals surface area (Å²) in [4.78, 5) is 0. The monoisotopic (exact) mass is 258 g/mol. The predicted molar refractivity (Wildman–Crippen MR) is 70.5 cm³/mol. The summed E-state index contributed by atoms with van der Waals surface area (Å²) in [5.41, 5.74) is -0.109. The van der Waals surface area contributed by atoms with Crippen molar-refractivity contribution in [2.75, 3.05) is 6.61 Å². The summed E-state index contributed by atoms with van der Waals surface area (Å²) >= 11 is 0. The van der Waals surface area contributed by atoms with Crippen molar-refractivity contribution >= 4 is 8.32 Å². The molecule has 17 heavy (non-hydrogen) atoms. The molecule has 0 spiro atoms. The van der Waals surface area contributed by atoms with Gasteiger partial charge in [0.05, 0.1) is 17.8 Å². The van der Waals surface area contributed by atoms with Gasteiger partial charge >= 0.3 is 0 Å². The van der Waals surface area contributed by atoms with Crippen molar-refractivity contribution in [3.05, 3.63) is 0 Å². The van der Waals surface area contributed by atoms with Gasteiger partial charge in [-0.2, -0.15) is 0 Å². The first-order valence-electron chi connectivity index (χ1n) is 6.58. The Kier molecular flexibility index (Phi) is 3.02. The van der Waals surface area contributed by atoms with Gasteiger partial charge in [0.25, 0.3) is 0 Å². The summed E-state index contributed by atoms with van der Waals surface area (Å²) < 4.78 is 11.9. The molecule has 4 atom stereocenters. The number of epoxide rings is 1. The maximum Gasteiger partial charge on any atom is 0.191 e. The number of rotatable bonds is 3. The number of aliphatic hydroxyl groups excluding tert-OH is 1. The van der Waals surface area contributed by atoms with E-state index in [4.69, 9.17) is 9.16 Å². The van der Waals surface area contributed by atoms with Crippen LogP contribution in [0.25, 0.3) is 0 Å². The molecule has 1 aliphatic carbocycles. The molecule has 0 aromatic rings. The van der Waals surface area contributed by atoms with Gasteiger partial charge in [-0.25, -0.2) is 0 Å². The second-order valence-corrected chi connectivity index (χ2v) is 12.1. The molecule has 2 rings (SSSR count). The van der Waals surface area contributed by atoms with Crippen LogP contribution in [0.3, 0.4) is 0 Å². The maximum absolute atomic E-state index is 10.0. The van der Waals surface area contributed by atoms with Gasteiger partial charge in [-0.05, 0) is 25.1 Å². The first-order valence-corrected chi connectivity index (χ1v) is 9.48. The van der Waals surface area contributed by atoms with E-state index in [0.29, 0.717) is 6.61 Å². The second kappa shape index (κ2) is 3.79. The molecule has 2 fully saturated rings. The lowest BCUT2D eigenvalue weighted by atomic mass is 9.96. The minimum atomic E-state index is -1.71.